The number of benzene rings is 2. The molecule has 0 spiro atoms. The summed E-state index contributed by atoms with van der Waals surface area (Å²) < 4.78 is 51.5. The number of hydrogen-bond donors (Lipinski definition) is 1. The Morgan fingerprint density at radius 1 is 0.923 bits per heavy atom. The number of nitrogens with one attached hydrogen (secondary N) is 1. The third kappa shape index (κ3) is 4.07. The Morgan fingerprint density at radius 3 is 2.12 bits per heavy atom. The number of para-hydroxylation sites is 1. The molecule has 1 heterocycles. The van der Waals surface area contributed by atoms with E-state index in [1.807, 2.05) is 4.90 Å². The Hall–Kier alpha value is -2.77. The number of urea groups is 1. The number of anilines is 2. The minimum absolute atomic E-state index is 0.291. The van der Waals surface area contributed by atoms with E-state index in [2.05, 4.69) is 5.32 Å². The van der Waals surface area contributed by atoms with Crippen molar-refractivity contribution in [2.24, 2.45) is 0 Å². The molecule has 26 heavy (non-hydrogen) atoms. The molecule has 2 aromatic rings. The minimum atomic E-state index is -4.41. The largest absolute Gasteiger partial charge is 0.416 e. The van der Waals surface area contributed by atoms with Crippen molar-refractivity contribution in [1.82, 2.24) is 4.90 Å². The number of piperazine rings is 1. The van der Waals surface area contributed by atoms with Crippen LogP contribution in [-0.4, -0.2) is 37.1 Å². The van der Waals surface area contributed by atoms with Crippen LogP contribution in [0, 0.1) is 5.82 Å². The van der Waals surface area contributed by atoms with Crippen LogP contribution in [0.4, 0.5) is 33.7 Å². The highest BCUT2D eigenvalue weighted by atomic mass is 19.4. The number of amides is 2. The molecule has 4 nitrogen and oxygen atoms in total. The minimum Gasteiger partial charge on any atom is -0.366 e. The monoisotopic (exact) mass is 367 g/mol. The van der Waals surface area contributed by atoms with Crippen molar-refractivity contribution in [1.29, 1.82) is 0 Å². The first-order chi connectivity index (χ1) is 12.3. The van der Waals surface area contributed by atoms with E-state index in [1.165, 1.54) is 18.2 Å². The Labute approximate surface area is 148 Å². The van der Waals surface area contributed by atoms with Crippen LogP contribution in [0.2, 0.25) is 0 Å². The van der Waals surface area contributed by atoms with E-state index in [9.17, 15) is 22.4 Å². The number of carbonyl (C=O) groups is 1. The molecule has 1 N–H and O–H groups in total. The number of alkyl halides is 3. The molecule has 1 fully saturated rings. The van der Waals surface area contributed by atoms with Gasteiger partial charge in [0.1, 0.15) is 5.82 Å². The zero-order valence-corrected chi connectivity index (χ0v) is 13.8. The van der Waals surface area contributed by atoms with Crippen LogP contribution in [0.1, 0.15) is 5.56 Å². The fourth-order valence-corrected chi connectivity index (χ4v) is 2.80. The van der Waals surface area contributed by atoms with Crippen LogP contribution >= 0.6 is 0 Å². The molecule has 0 radical (unpaired) electrons. The smallest absolute Gasteiger partial charge is 0.366 e. The van der Waals surface area contributed by atoms with Crippen molar-refractivity contribution in [3.05, 3.63) is 59.9 Å². The van der Waals surface area contributed by atoms with Crippen LogP contribution in [0.15, 0.2) is 48.5 Å². The van der Waals surface area contributed by atoms with Gasteiger partial charge in [0.05, 0.1) is 11.3 Å². The molecule has 1 aliphatic heterocycles. The summed E-state index contributed by atoms with van der Waals surface area (Å²) in [5.74, 6) is -0.310. The third-order valence-electron chi connectivity index (χ3n) is 4.22. The van der Waals surface area contributed by atoms with Gasteiger partial charge >= 0.3 is 12.2 Å². The fraction of sp³-hybridized carbons (Fsp3) is 0.278. The van der Waals surface area contributed by atoms with Crippen molar-refractivity contribution in [3.8, 4) is 0 Å². The summed E-state index contributed by atoms with van der Waals surface area (Å²) in [7, 11) is 0. The third-order valence-corrected chi connectivity index (χ3v) is 4.22. The second kappa shape index (κ2) is 7.23. The van der Waals surface area contributed by atoms with Crippen LogP contribution in [0.5, 0.6) is 0 Å². The number of carbonyl (C=O) groups excluding carboxylic acids is 1. The topological polar surface area (TPSA) is 35.6 Å². The van der Waals surface area contributed by atoms with Gasteiger partial charge in [-0.15, -0.1) is 0 Å². The van der Waals surface area contributed by atoms with E-state index < -0.39 is 17.8 Å². The zero-order chi connectivity index (χ0) is 18.7. The number of halogens is 4. The van der Waals surface area contributed by atoms with Crippen molar-refractivity contribution in [2.75, 3.05) is 36.4 Å². The lowest BCUT2D eigenvalue weighted by atomic mass is 10.2. The maximum Gasteiger partial charge on any atom is 0.416 e. The average Bonchev–Trinajstić information content (AvgIpc) is 2.62. The average molecular weight is 367 g/mol. The maximum absolute atomic E-state index is 13.8. The molecule has 0 aliphatic carbocycles. The van der Waals surface area contributed by atoms with Crippen molar-refractivity contribution >= 4 is 17.4 Å². The molecular formula is C18H17F4N3O. The van der Waals surface area contributed by atoms with Crippen molar-refractivity contribution in [3.63, 3.8) is 0 Å². The van der Waals surface area contributed by atoms with E-state index in [1.54, 1.807) is 23.1 Å². The first-order valence-electron chi connectivity index (χ1n) is 8.07. The summed E-state index contributed by atoms with van der Waals surface area (Å²) >= 11 is 0. The van der Waals surface area contributed by atoms with Crippen molar-refractivity contribution < 1.29 is 22.4 Å². The van der Waals surface area contributed by atoms with Crippen LogP contribution < -0.4 is 10.2 Å². The Kier molecular flexibility index (Phi) is 5.01. The lowest BCUT2D eigenvalue weighted by Gasteiger charge is -2.36. The molecule has 1 saturated heterocycles. The molecule has 2 aromatic carbocycles. The Morgan fingerprint density at radius 2 is 1.54 bits per heavy atom. The summed E-state index contributed by atoms with van der Waals surface area (Å²) in [6, 6.07) is 10.3. The normalized spacial score (nSPS) is 15.1. The van der Waals surface area contributed by atoms with Gasteiger partial charge in [0, 0.05) is 31.9 Å². The predicted molar refractivity (Wildman–Crippen MR) is 90.6 cm³/mol. The Balaban J connectivity index is 1.56. The molecule has 138 valence electrons. The highest BCUT2D eigenvalue weighted by molar-refractivity contribution is 5.89. The molecule has 0 aromatic heterocycles. The van der Waals surface area contributed by atoms with Gasteiger partial charge in [0.25, 0.3) is 0 Å². The van der Waals surface area contributed by atoms with E-state index >= 15 is 0 Å². The highest BCUT2D eigenvalue weighted by Crippen LogP contribution is 2.30. The number of nitrogens with zero attached hydrogens (tertiary/aromatic N) is 2. The summed E-state index contributed by atoms with van der Waals surface area (Å²) in [5, 5.41) is 2.58. The fourth-order valence-electron chi connectivity index (χ4n) is 2.80. The Bertz CT molecular complexity index is 769. The van der Waals surface area contributed by atoms with Gasteiger partial charge in [-0.25, -0.2) is 9.18 Å². The van der Waals surface area contributed by atoms with E-state index in [0.717, 1.165) is 12.1 Å². The molecule has 3 rings (SSSR count). The van der Waals surface area contributed by atoms with Gasteiger partial charge in [-0.1, -0.05) is 12.1 Å². The van der Waals surface area contributed by atoms with Crippen LogP contribution in [-0.2, 0) is 6.18 Å². The van der Waals surface area contributed by atoms with Gasteiger partial charge in [0.15, 0.2) is 0 Å². The standard InChI is InChI=1S/C18H17F4N3O/c19-15-3-1-2-4-16(15)24-9-11-25(12-10-24)17(26)23-14-7-5-13(6-8-14)18(20,21)22/h1-8H,9-12H2,(H,23,26). The van der Waals surface area contributed by atoms with Gasteiger partial charge in [-0.3, -0.25) is 0 Å². The maximum atomic E-state index is 13.8. The number of hydrogen-bond acceptors (Lipinski definition) is 2. The lowest BCUT2D eigenvalue weighted by Crippen LogP contribution is -2.50. The van der Waals surface area contributed by atoms with Crippen LogP contribution in [0.25, 0.3) is 0 Å². The van der Waals surface area contributed by atoms with Gasteiger partial charge < -0.3 is 15.1 Å². The number of rotatable bonds is 2. The SMILES string of the molecule is O=C(Nc1ccc(C(F)(F)F)cc1)N1CCN(c2ccccc2F)CC1. The summed E-state index contributed by atoms with van der Waals surface area (Å²) in [4.78, 5) is 15.7. The van der Waals surface area contributed by atoms with Gasteiger partial charge in [0.2, 0.25) is 0 Å². The first kappa shape index (κ1) is 18.0. The molecule has 0 atom stereocenters. The summed E-state index contributed by atoms with van der Waals surface area (Å²) in [6.45, 7) is 1.73. The predicted octanol–water partition coefficient (Wildman–Crippen LogP) is 4.20. The lowest BCUT2D eigenvalue weighted by molar-refractivity contribution is -0.137. The zero-order valence-electron chi connectivity index (χ0n) is 13.8. The van der Waals surface area contributed by atoms with Gasteiger partial charge in [-0.2, -0.15) is 13.2 Å². The molecule has 2 amide bonds. The molecule has 0 bridgehead atoms. The quantitative estimate of drug-likeness (QED) is 0.808. The first-order valence-corrected chi connectivity index (χ1v) is 8.07. The molecule has 0 saturated carbocycles. The summed E-state index contributed by atoms with van der Waals surface area (Å²) in [6.07, 6.45) is -4.41. The van der Waals surface area contributed by atoms with E-state index in [4.69, 9.17) is 0 Å². The van der Waals surface area contributed by atoms with Gasteiger partial charge in [-0.05, 0) is 36.4 Å². The highest BCUT2D eigenvalue weighted by Gasteiger charge is 2.30. The second-order valence-electron chi connectivity index (χ2n) is 5.93. The molecule has 1 aliphatic rings. The van der Waals surface area contributed by atoms with Crippen LogP contribution in [0.3, 0.4) is 0 Å². The van der Waals surface area contributed by atoms with E-state index in [-0.39, 0.29) is 5.82 Å². The molecule has 0 unspecified atom stereocenters. The van der Waals surface area contributed by atoms with E-state index in [0.29, 0.717) is 37.6 Å². The van der Waals surface area contributed by atoms with Crippen molar-refractivity contribution in [2.45, 2.75) is 6.18 Å². The summed E-state index contributed by atoms with van der Waals surface area (Å²) in [5.41, 5.74) is 0.0174. The molecule has 8 heteroatoms. The second-order valence-corrected chi connectivity index (χ2v) is 5.93. The molecular weight excluding hydrogens is 350 g/mol.